The Kier molecular flexibility index (Phi) is 12.2. The minimum Gasteiger partial charge on any atom is -0.497 e. The number of likely N-dealkylation sites (N-methyl/N-ethyl adjacent to an activating group) is 2. The van der Waals surface area contributed by atoms with Gasteiger partial charge in [-0.3, -0.25) is 4.79 Å². The summed E-state index contributed by atoms with van der Waals surface area (Å²) in [6, 6.07) is 16.9. The van der Waals surface area contributed by atoms with Crippen LogP contribution in [0.1, 0.15) is 0 Å². The number of nitrogen functional groups attached to an aromatic ring is 1. The standard InChI is InChI=1S/C7H9NO.C7H8O.C5H12N2O/c1-9-7-4-2-6(8)3-5-7;1-8-7-5-3-2-4-6-7;1-6-5(8)4-7(2)3/h2-5H,8H2,1H3;2-6H,1H3;4H2,1-3H3,(H,6,8). The molecular formula is C19H29N3O3. The van der Waals surface area contributed by atoms with Gasteiger partial charge in [-0.2, -0.15) is 0 Å². The molecule has 3 N–H and O–H groups in total. The van der Waals surface area contributed by atoms with Crippen molar-refractivity contribution in [2.24, 2.45) is 0 Å². The highest BCUT2D eigenvalue weighted by Gasteiger charge is 1.96. The Hall–Kier alpha value is -2.73. The number of nitrogens with two attached hydrogens (primary N) is 1. The van der Waals surface area contributed by atoms with Gasteiger partial charge in [-0.25, -0.2) is 0 Å². The van der Waals surface area contributed by atoms with Gasteiger partial charge in [0.1, 0.15) is 11.5 Å². The molecule has 0 bridgehead atoms. The van der Waals surface area contributed by atoms with Crippen LogP contribution in [0.4, 0.5) is 5.69 Å². The van der Waals surface area contributed by atoms with Crippen LogP contribution in [0.5, 0.6) is 11.5 Å². The van der Waals surface area contributed by atoms with Crippen molar-refractivity contribution in [2.75, 3.05) is 47.6 Å². The van der Waals surface area contributed by atoms with Gasteiger partial charge in [0.25, 0.3) is 0 Å². The molecule has 1 amide bonds. The van der Waals surface area contributed by atoms with Crippen LogP contribution in [-0.2, 0) is 4.79 Å². The Labute approximate surface area is 150 Å². The van der Waals surface area contributed by atoms with E-state index < -0.39 is 0 Å². The Balaban J connectivity index is 0.000000347. The Morgan fingerprint density at radius 2 is 1.44 bits per heavy atom. The molecule has 0 aliphatic rings. The van der Waals surface area contributed by atoms with E-state index >= 15 is 0 Å². The topological polar surface area (TPSA) is 76.8 Å². The van der Waals surface area contributed by atoms with Crippen LogP contribution in [0.15, 0.2) is 54.6 Å². The lowest BCUT2D eigenvalue weighted by atomic mass is 10.3. The van der Waals surface area contributed by atoms with E-state index in [0.29, 0.717) is 6.54 Å². The molecule has 0 aliphatic heterocycles. The summed E-state index contributed by atoms with van der Waals surface area (Å²) in [7, 11) is 8.64. The lowest BCUT2D eigenvalue weighted by Gasteiger charge is -2.05. The first kappa shape index (κ1) is 22.3. The third-order valence-corrected chi connectivity index (χ3v) is 2.83. The van der Waals surface area contributed by atoms with E-state index in [2.05, 4.69) is 5.32 Å². The van der Waals surface area contributed by atoms with Crippen molar-refractivity contribution in [3.8, 4) is 11.5 Å². The predicted octanol–water partition coefficient (Wildman–Crippen LogP) is 2.27. The number of amides is 1. The molecule has 138 valence electrons. The molecule has 0 unspecified atom stereocenters. The quantitative estimate of drug-likeness (QED) is 0.830. The van der Waals surface area contributed by atoms with Gasteiger partial charge in [0.2, 0.25) is 5.91 Å². The number of benzene rings is 2. The van der Waals surface area contributed by atoms with Gasteiger partial charge in [0, 0.05) is 12.7 Å². The summed E-state index contributed by atoms with van der Waals surface area (Å²) in [5, 5.41) is 2.52. The number of hydrogen-bond donors (Lipinski definition) is 2. The maximum atomic E-state index is 10.5. The largest absolute Gasteiger partial charge is 0.497 e. The van der Waals surface area contributed by atoms with E-state index in [1.165, 1.54) is 0 Å². The zero-order valence-electron chi connectivity index (χ0n) is 15.7. The van der Waals surface area contributed by atoms with Gasteiger partial charge < -0.3 is 25.4 Å². The van der Waals surface area contributed by atoms with Crippen LogP contribution in [0.25, 0.3) is 0 Å². The first-order valence-corrected chi connectivity index (χ1v) is 7.76. The fraction of sp³-hybridized carbons (Fsp3) is 0.316. The molecule has 2 aromatic carbocycles. The molecule has 6 nitrogen and oxygen atoms in total. The number of hydrogen-bond acceptors (Lipinski definition) is 5. The Bertz CT molecular complexity index is 572. The van der Waals surface area contributed by atoms with E-state index in [9.17, 15) is 4.79 Å². The van der Waals surface area contributed by atoms with Crippen molar-refractivity contribution in [1.29, 1.82) is 0 Å². The number of nitrogens with zero attached hydrogens (tertiary/aromatic N) is 1. The van der Waals surface area contributed by atoms with E-state index in [4.69, 9.17) is 15.2 Å². The first-order valence-electron chi connectivity index (χ1n) is 7.76. The van der Waals surface area contributed by atoms with Crippen molar-refractivity contribution in [2.45, 2.75) is 0 Å². The highest BCUT2D eigenvalue weighted by atomic mass is 16.5. The number of carbonyl (C=O) groups excluding carboxylic acids is 1. The van der Waals surface area contributed by atoms with Crippen LogP contribution < -0.4 is 20.5 Å². The number of ether oxygens (including phenoxy) is 2. The molecule has 2 aromatic rings. The Morgan fingerprint density at radius 3 is 1.76 bits per heavy atom. The fourth-order valence-corrected chi connectivity index (χ4v) is 1.53. The smallest absolute Gasteiger partial charge is 0.233 e. The normalized spacial score (nSPS) is 9.04. The third kappa shape index (κ3) is 12.4. The summed E-state index contributed by atoms with van der Waals surface area (Å²) >= 11 is 0. The maximum absolute atomic E-state index is 10.5. The molecule has 0 saturated heterocycles. The zero-order chi connectivity index (χ0) is 19.1. The monoisotopic (exact) mass is 347 g/mol. The van der Waals surface area contributed by atoms with Gasteiger partial charge in [-0.15, -0.1) is 0 Å². The van der Waals surface area contributed by atoms with Crippen molar-refractivity contribution < 1.29 is 14.3 Å². The van der Waals surface area contributed by atoms with Gasteiger partial charge in [0.05, 0.1) is 20.8 Å². The zero-order valence-corrected chi connectivity index (χ0v) is 15.7. The average Bonchev–Trinajstić information content (AvgIpc) is 2.63. The number of para-hydroxylation sites is 1. The molecule has 0 spiro atoms. The molecule has 0 heterocycles. The lowest BCUT2D eigenvalue weighted by molar-refractivity contribution is -0.121. The average molecular weight is 347 g/mol. The highest BCUT2D eigenvalue weighted by Crippen LogP contribution is 2.11. The SMILES string of the molecule is CNC(=O)CN(C)C.COc1ccc(N)cc1.COc1ccccc1. The van der Waals surface area contributed by atoms with E-state index in [0.717, 1.165) is 17.2 Å². The second kappa shape index (κ2) is 13.7. The van der Waals surface area contributed by atoms with Crippen LogP contribution in [-0.4, -0.2) is 52.7 Å². The van der Waals surface area contributed by atoms with Gasteiger partial charge in [0.15, 0.2) is 0 Å². The molecule has 0 fully saturated rings. The van der Waals surface area contributed by atoms with E-state index in [1.807, 2.05) is 61.5 Å². The molecule has 6 heteroatoms. The minimum absolute atomic E-state index is 0.0509. The maximum Gasteiger partial charge on any atom is 0.233 e. The van der Waals surface area contributed by atoms with Gasteiger partial charge >= 0.3 is 0 Å². The van der Waals surface area contributed by atoms with Gasteiger partial charge in [-0.1, -0.05) is 18.2 Å². The van der Waals surface area contributed by atoms with Gasteiger partial charge in [-0.05, 0) is 50.5 Å². The molecule has 0 saturated carbocycles. The molecule has 0 aliphatic carbocycles. The first-order chi connectivity index (χ1) is 11.9. The summed E-state index contributed by atoms with van der Waals surface area (Å²) in [6.07, 6.45) is 0. The van der Waals surface area contributed by atoms with Crippen molar-refractivity contribution in [1.82, 2.24) is 10.2 Å². The Morgan fingerprint density at radius 1 is 0.960 bits per heavy atom. The summed E-state index contributed by atoms with van der Waals surface area (Å²) in [5.74, 6) is 1.80. The van der Waals surface area contributed by atoms with Crippen molar-refractivity contribution >= 4 is 11.6 Å². The van der Waals surface area contributed by atoms with Crippen LogP contribution in [0.3, 0.4) is 0 Å². The highest BCUT2D eigenvalue weighted by molar-refractivity contribution is 5.77. The summed E-state index contributed by atoms with van der Waals surface area (Å²) in [6.45, 7) is 0.469. The van der Waals surface area contributed by atoms with Crippen molar-refractivity contribution in [3.63, 3.8) is 0 Å². The molecule has 0 atom stereocenters. The number of rotatable bonds is 4. The second-order valence-electron chi connectivity index (χ2n) is 5.20. The summed E-state index contributed by atoms with van der Waals surface area (Å²) in [4.78, 5) is 12.3. The third-order valence-electron chi connectivity index (χ3n) is 2.83. The van der Waals surface area contributed by atoms with Crippen molar-refractivity contribution in [3.05, 3.63) is 54.6 Å². The molecular weight excluding hydrogens is 318 g/mol. The molecule has 25 heavy (non-hydrogen) atoms. The molecule has 0 radical (unpaired) electrons. The number of nitrogens with one attached hydrogen (secondary N) is 1. The molecule has 2 rings (SSSR count). The molecule has 0 aromatic heterocycles. The van der Waals surface area contributed by atoms with E-state index in [-0.39, 0.29) is 5.91 Å². The van der Waals surface area contributed by atoms with Crippen LogP contribution in [0, 0.1) is 0 Å². The second-order valence-corrected chi connectivity index (χ2v) is 5.20. The number of anilines is 1. The number of carbonyl (C=O) groups is 1. The summed E-state index contributed by atoms with van der Waals surface area (Å²) < 4.78 is 9.83. The number of methoxy groups -OCH3 is 2. The predicted molar refractivity (Wildman–Crippen MR) is 103 cm³/mol. The lowest BCUT2D eigenvalue weighted by Crippen LogP contribution is -2.30. The van der Waals surface area contributed by atoms with E-state index in [1.54, 1.807) is 33.4 Å². The minimum atomic E-state index is 0.0509. The fourth-order valence-electron chi connectivity index (χ4n) is 1.53. The van der Waals surface area contributed by atoms with Crippen LogP contribution in [0.2, 0.25) is 0 Å². The van der Waals surface area contributed by atoms with Crippen LogP contribution >= 0.6 is 0 Å². The summed E-state index contributed by atoms with van der Waals surface area (Å²) in [5.41, 5.74) is 6.19.